The van der Waals surface area contributed by atoms with E-state index in [2.05, 4.69) is 15.4 Å². The molecule has 1 heterocycles. The Balaban J connectivity index is 2.61. The Morgan fingerprint density at radius 3 is 2.85 bits per heavy atom. The normalized spacial score (nSPS) is 10.4. The van der Waals surface area contributed by atoms with Gasteiger partial charge in [0, 0.05) is 0 Å². The molecule has 1 aromatic heterocycles. The molecule has 0 atom stereocenters. The van der Waals surface area contributed by atoms with Crippen LogP contribution < -0.4 is 4.74 Å². The SMILES string of the molecule is CCOC(=O)c1n[nH]nc1-c1c(OC)ccc(F)c1Cl. The minimum Gasteiger partial charge on any atom is -0.496 e. The molecule has 0 aliphatic carbocycles. The molecule has 0 unspecified atom stereocenters. The summed E-state index contributed by atoms with van der Waals surface area (Å²) in [5.74, 6) is -1.06. The highest BCUT2D eigenvalue weighted by Gasteiger charge is 2.25. The molecular weight excluding hydrogens is 289 g/mol. The van der Waals surface area contributed by atoms with Gasteiger partial charge in [-0.25, -0.2) is 9.18 Å². The Morgan fingerprint density at radius 2 is 2.20 bits per heavy atom. The van der Waals surface area contributed by atoms with E-state index in [-0.39, 0.29) is 34.3 Å². The van der Waals surface area contributed by atoms with Gasteiger partial charge in [0.2, 0.25) is 0 Å². The van der Waals surface area contributed by atoms with E-state index in [1.165, 1.54) is 13.2 Å². The fourth-order valence-corrected chi connectivity index (χ4v) is 1.92. The van der Waals surface area contributed by atoms with Crippen LogP contribution in [0.5, 0.6) is 5.75 Å². The molecule has 20 heavy (non-hydrogen) atoms. The lowest BCUT2D eigenvalue weighted by atomic mass is 10.1. The van der Waals surface area contributed by atoms with Crippen LogP contribution in [0.2, 0.25) is 5.02 Å². The number of nitrogens with one attached hydrogen (secondary N) is 1. The number of rotatable bonds is 4. The van der Waals surface area contributed by atoms with Crippen molar-refractivity contribution in [3.8, 4) is 17.0 Å². The number of aromatic amines is 1. The largest absolute Gasteiger partial charge is 0.496 e. The Morgan fingerprint density at radius 1 is 1.45 bits per heavy atom. The number of nitrogens with zero attached hydrogens (tertiary/aromatic N) is 2. The number of esters is 1. The van der Waals surface area contributed by atoms with Gasteiger partial charge in [0.05, 0.1) is 24.3 Å². The number of methoxy groups -OCH3 is 1. The molecule has 106 valence electrons. The summed E-state index contributed by atoms with van der Waals surface area (Å²) in [6, 6.07) is 2.55. The van der Waals surface area contributed by atoms with Crippen molar-refractivity contribution in [3.05, 3.63) is 28.7 Å². The van der Waals surface area contributed by atoms with Crippen LogP contribution in [-0.2, 0) is 4.74 Å². The number of carbonyl (C=O) groups excluding carboxylic acids is 1. The molecule has 0 saturated heterocycles. The number of hydrogen-bond acceptors (Lipinski definition) is 5. The van der Waals surface area contributed by atoms with Crippen molar-refractivity contribution in [2.24, 2.45) is 0 Å². The first-order valence-corrected chi connectivity index (χ1v) is 6.08. The van der Waals surface area contributed by atoms with Gasteiger partial charge in [-0.05, 0) is 19.1 Å². The number of carbonyl (C=O) groups is 1. The van der Waals surface area contributed by atoms with Crippen LogP contribution in [-0.4, -0.2) is 35.1 Å². The van der Waals surface area contributed by atoms with E-state index < -0.39 is 11.8 Å². The average molecular weight is 300 g/mol. The van der Waals surface area contributed by atoms with Gasteiger partial charge in [0.1, 0.15) is 17.3 Å². The number of H-pyrrole nitrogens is 1. The number of hydrogen-bond donors (Lipinski definition) is 1. The Kier molecular flexibility index (Phi) is 4.19. The fourth-order valence-electron chi connectivity index (χ4n) is 1.67. The number of aromatic nitrogens is 3. The lowest BCUT2D eigenvalue weighted by Gasteiger charge is -2.09. The molecule has 1 aromatic carbocycles. The monoisotopic (exact) mass is 299 g/mol. The molecule has 2 rings (SSSR count). The van der Waals surface area contributed by atoms with Crippen LogP contribution in [0.3, 0.4) is 0 Å². The predicted octanol–water partition coefficient (Wildman–Crippen LogP) is 2.45. The first-order valence-electron chi connectivity index (χ1n) is 5.70. The third-order valence-electron chi connectivity index (χ3n) is 2.53. The van der Waals surface area contributed by atoms with Crippen molar-refractivity contribution in [2.75, 3.05) is 13.7 Å². The van der Waals surface area contributed by atoms with E-state index in [1.54, 1.807) is 6.92 Å². The summed E-state index contributed by atoms with van der Waals surface area (Å²) < 4.78 is 23.6. The third-order valence-corrected chi connectivity index (χ3v) is 2.90. The molecule has 0 saturated carbocycles. The summed E-state index contributed by atoms with van der Waals surface area (Å²) in [6.45, 7) is 1.84. The number of halogens is 2. The van der Waals surface area contributed by atoms with E-state index in [1.807, 2.05) is 0 Å². The second-order valence-corrected chi connectivity index (χ2v) is 4.06. The summed E-state index contributed by atoms with van der Waals surface area (Å²) in [7, 11) is 1.40. The van der Waals surface area contributed by atoms with Gasteiger partial charge in [-0.15, -0.1) is 5.10 Å². The molecule has 0 aliphatic rings. The molecular formula is C12H11ClFN3O3. The topological polar surface area (TPSA) is 77.1 Å². The fraction of sp³-hybridized carbons (Fsp3) is 0.250. The van der Waals surface area contributed by atoms with Crippen molar-refractivity contribution in [1.29, 1.82) is 0 Å². The molecule has 0 amide bonds. The van der Waals surface area contributed by atoms with E-state index in [9.17, 15) is 9.18 Å². The minimum atomic E-state index is -0.682. The first-order chi connectivity index (χ1) is 9.60. The maximum absolute atomic E-state index is 13.6. The van der Waals surface area contributed by atoms with E-state index in [0.717, 1.165) is 6.07 Å². The van der Waals surface area contributed by atoms with Gasteiger partial charge in [-0.2, -0.15) is 10.3 Å². The van der Waals surface area contributed by atoms with Crippen molar-refractivity contribution in [3.63, 3.8) is 0 Å². The van der Waals surface area contributed by atoms with Gasteiger partial charge in [-0.1, -0.05) is 11.6 Å². The molecule has 0 bridgehead atoms. The van der Waals surface area contributed by atoms with Crippen molar-refractivity contribution >= 4 is 17.6 Å². The summed E-state index contributed by atoms with van der Waals surface area (Å²) in [6.07, 6.45) is 0. The quantitative estimate of drug-likeness (QED) is 0.877. The molecule has 6 nitrogen and oxygen atoms in total. The van der Waals surface area contributed by atoms with E-state index >= 15 is 0 Å². The molecule has 0 radical (unpaired) electrons. The summed E-state index contributed by atoms with van der Waals surface area (Å²) in [4.78, 5) is 11.8. The lowest BCUT2D eigenvalue weighted by Crippen LogP contribution is -2.07. The van der Waals surface area contributed by atoms with Gasteiger partial charge >= 0.3 is 5.97 Å². The maximum atomic E-state index is 13.6. The smallest absolute Gasteiger partial charge is 0.361 e. The summed E-state index contributed by atoms with van der Waals surface area (Å²) in [5.41, 5.74) is 0.133. The first kappa shape index (κ1) is 14.3. The number of ether oxygens (including phenoxy) is 2. The lowest BCUT2D eigenvalue weighted by molar-refractivity contribution is 0.0520. The van der Waals surface area contributed by atoms with Crippen LogP contribution in [0.1, 0.15) is 17.4 Å². The Labute approximate surface area is 118 Å². The zero-order valence-electron chi connectivity index (χ0n) is 10.7. The van der Waals surface area contributed by atoms with Crippen molar-refractivity contribution < 1.29 is 18.7 Å². The van der Waals surface area contributed by atoms with Gasteiger partial charge in [-0.3, -0.25) is 0 Å². The standard InChI is InChI=1S/C12H11ClFN3O3/c1-3-20-12(18)11-10(15-17-16-11)8-7(19-2)5-4-6(14)9(8)13/h4-5H,3H2,1-2H3,(H,15,16,17). The van der Waals surface area contributed by atoms with Crippen molar-refractivity contribution in [2.45, 2.75) is 6.92 Å². The maximum Gasteiger partial charge on any atom is 0.361 e. The second-order valence-electron chi connectivity index (χ2n) is 3.68. The zero-order chi connectivity index (χ0) is 14.7. The van der Waals surface area contributed by atoms with Crippen molar-refractivity contribution in [1.82, 2.24) is 15.4 Å². The molecule has 0 spiro atoms. The Hall–Kier alpha value is -2.15. The highest BCUT2D eigenvalue weighted by atomic mass is 35.5. The highest BCUT2D eigenvalue weighted by Crippen LogP contribution is 2.38. The van der Waals surface area contributed by atoms with Gasteiger partial charge in [0.25, 0.3) is 0 Å². The summed E-state index contributed by atoms with van der Waals surface area (Å²) >= 11 is 5.93. The van der Waals surface area contributed by atoms with E-state index in [4.69, 9.17) is 21.1 Å². The van der Waals surface area contributed by atoms with Gasteiger partial charge in [0.15, 0.2) is 5.69 Å². The predicted molar refractivity (Wildman–Crippen MR) is 69.3 cm³/mol. The zero-order valence-corrected chi connectivity index (χ0v) is 11.5. The van der Waals surface area contributed by atoms with Crippen LogP contribution in [0.25, 0.3) is 11.3 Å². The molecule has 0 fully saturated rings. The van der Waals surface area contributed by atoms with Crippen LogP contribution >= 0.6 is 11.6 Å². The molecule has 2 aromatic rings. The second kappa shape index (κ2) is 5.87. The molecule has 1 N–H and O–H groups in total. The third kappa shape index (κ3) is 2.44. The molecule has 0 aliphatic heterocycles. The highest BCUT2D eigenvalue weighted by molar-refractivity contribution is 6.34. The van der Waals surface area contributed by atoms with Crippen LogP contribution in [0.4, 0.5) is 4.39 Å². The summed E-state index contributed by atoms with van der Waals surface area (Å²) in [5, 5.41) is 9.63. The van der Waals surface area contributed by atoms with Gasteiger partial charge < -0.3 is 9.47 Å². The van der Waals surface area contributed by atoms with Crippen LogP contribution in [0.15, 0.2) is 12.1 Å². The minimum absolute atomic E-state index is 0.0739. The average Bonchev–Trinajstić information content (AvgIpc) is 2.91. The number of benzene rings is 1. The molecule has 8 heteroatoms. The van der Waals surface area contributed by atoms with E-state index in [0.29, 0.717) is 0 Å². The van der Waals surface area contributed by atoms with Crippen LogP contribution in [0, 0.1) is 5.82 Å². The Bertz CT molecular complexity index is 645.